The maximum atomic E-state index is 12.1. The van der Waals surface area contributed by atoms with Gasteiger partial charge in [-0.25, -0.2) is 0 Å². The average Bonchev–Trinajstić information content (AvgIpc) is 3.18. The lowest BCUT2D eigenvalue weighted by atomic mass is 10.1. The highest BCUT2D eigenvalue weighted by Crippen LogP contribution is 2.37. The minimum atomic E-state index is -2.73. The number of benzene rings is 3. The van der Waals surface area contributed by atoms with Crippen LogP contribution >= 0.6 is 0 Å². The summed E-state index contributed by atoms with van der Waals surface area (Å²) in [6.07, 6.45) is -0.0608. The summed E-state index contributed by atoms with van der Waals surface area (Å²) in [5, 5.41) is 15.0. The number of carbonyl (C=O) groups excluding carboxylic acids is 1. The fraction of sp³-hybridized carbons (Fsp3) is 0.345. The lowest BCUT2D eigenvalue weighted by molar-refractivity contribution is -0.179. The third-order valence-corrected chi connectivity index (χ3v) is 11.7. The largest absolute Gasteiger partial charge is 0.405 e. The van der Waals surface area contributed by atoms with E-state index >= 15 is 0 Å². The van der Waals surface area contributed by atoms with Gasteiger partial charge < -0.3 is 14.4 Å². The van der Waals surface area contributed by atoms with E-state index in [1.54, 1.807) is 5.06 Å². The second-order valence-electron chi connectivity index (χ2n) is 10.2. The van der Waals surface area contributed by atoms with Crippen molar-refractivity contribution in [1.82, 2.24) is 5.06 Å². The summed E-state index contributed by atoms with van der Waals surface area (Å²) in [6.45, 7) is 7.35. The van der Waals surface area contributed by atoms with Crippen molar-refractivity contribution in [2.75, 3.05) is 6.61 Å². The summed E-state index contributed by atoms with van der Waals surface area (Å²) in [5.74, 6) is -0.258. The molecule has 1 heterocycles. The van der Waals surface area contributed by atoms with Crippen LogP contribution < -0.4 is 10.4 Å². The molecule has 0 aromatic heterocycles. The molecular formula is C29H35NO4Si. The molecule has 35 heavy (non-hydrogen) atoms. The fourth-order valence-corrected chi connectivity index (χ4v) is 9.63. The van der Waals surface area contributed by atoms with Crippen LogP contribution in [0.3, 0.4) is 0 Å². The van der Waals surface area contributed by atoms with Gasteiger partial charge >= 0.3 is 5.97 Å². The van der Waals surface area contributed by atoms with Gasteiger partial charge in [0.1, 0.15) is 0 Å². The first-order valence-corrected chi connectivity index (χ1v) is 14.1. The van der Waals surface area contributed by atoms with Crippen molar-refractivity contribution in [3.8, 4) is 0 Å². The molecule has 184 valence electrons. The van der Waals surface area contributed by atoms with Crippen LogP contribution in [0.1, 0.15) is 39.2 Å². The predicted molar refractivity (Wildman–Crippen MR) is 141 cm³/mol. The first kappa shape index (κ1) is 25.3. The minimum Gasteiger partial charge on any atom is -0.405 e. The molecular weight excluding hydrogens is 454 g/mol. The van der Waals surface area contributed by atoms with Crippen molar-refractivity contribution < 1.29 is 19.2 Å². The Labute approximate surface area is 209 Å². The molecule has 0 unspecified atom stereocenters. The van der Waals surface area contributed by atoms with E-state index in [0.717, 1.165) is 5.56 Å². The highest BCUT2D eigenvalue weighted by Gasteiger charge is 2.50. The van der Waals surface area contributed by atoms with Crippen molar-refractivity contribution in [2.24, 2.45) is 0 Å². The zero-order chi connectivity index (χ0) is 24.9. The third-order valence-electron chi connectivity index (χ3n) is 6.66. The number of hydroxylamine groups is 2. The van der Waals surface area contributed by atoms with Crippen LogP contribution in [0.15, 0.2) is 91.0 Å². The van der Waals surface area contributed by atoms with E-state index in [2.05, 4.69) is 69.3 Å². The maximum Gasteiger partial charge on any atom is 0.326 e. The molecule has 1 fully saturated rings. The first-order valence-electron chi connectivity index (χ1n) is 12.2. The van der Waals surface area contributed by atoms with E-state index in [4.69, 9.17) is 9.26 Å². The molecule has 0 radical (unpaired) electrons. The molecule has 4 rings (SSSR count). The SMILES string of the molecule is CC(C)(C)[Si](OC[C@@H](O)C[C@@H]1CC(=O)ON1Cc1ccccc1)(c1ccccc1)c1ccccc1. The summed E-state index contributed by atoms with van der Waals surface area (Å²) < 4.78 is 6.86. The Morgan fingerprint density at radius 2 is 1.46 bits per heavy atom. The van der Waals surface area contributed by atoms with E-state index in [-0.39, 0.29) is 30.1 Å². The molecule has 0 bridgehead atoms. The van der Waals surface area contributed by atoms with Crippen LogP contribution in [0.5, 0.6) is 0 Å². The third kappa shape index (κ3) is 5.73. The van der Waals surface area contributed by atoms with Gasteiger partial charge in [-0.2, -0.15) is 0 Å². The molecule has 0 amide bonds. The van der Waals surface area contributed by atoms with Crippen LogP contribution in [0.2, 0.25) is 5.04 Å². The number of carbonyl (C=O) groups is 1. The second kappa shape index (κ2) is 10.9. The summed E-state index contributed by atoms with van der Waals surface area (Å²) in [4.78, 5) is 17.6. The Bertz CT molecular complexity index is 1050. The summed E-state index contributed by atoms with van der Waals surface area (Å²) >= 11 is 0. The molecule has 0 saturated carbocycles. The van der Waals surface area contributed by atoms with E-state index < -0.39 is 14.4 Å². The van der Waals surface area contributed by atoms with Gasteiger partial charge in [0.05, 0.1) is 31.7 Å². The topological polar surface area (TPSA) is 59.0 Å². The zero-order valence-electron chi connectivity index (χ0n) is 20.8. The molecule has 3 aromatic carbocycles. The maximum absolute atomic E-state index is 12.1. The molecule has 3 aromatic rings. The minimum absolute atomic E-state index is 0.165. The Morgan fingerprint density at radius 3 is 1.97 bits per heavy atom. The highest BCUT2D eigenvalue weighted by atomic mass is 28.4. The van der Waals surface area contributed by atoms with Gasteiger partial charge in [0.15, 0.2) is 0 Å². The molecule has 1 saturated heterocycles. The standard InChI is InChI=1S/C29H35NO4Si/c1-29(2,3)35(26-15-9-5-10-16-26,27-17-11-6-12-18-27)33-22-25(31)19-24-20-28(32)34-30(24)21-23-13-7-4-8-14-23/h4-18,24-25,31H,19-22H2,1-3H3/t24-,25+/m1/s1. The van der Waals surface area contributed by atoms with Gasteiger partial charge in [-0.3, -0.25) is 4.79 Å². The number of hydrogen-bond acceptors (Lipinski definition) is 5. The first-order chi connectivity index (χ1) is 16.8. The number of rotatable bonds is 9. The quantitative estimate of drug-likeness (QED) is 0.460. The van der Waals surface area contributed by atoms with E-state index in [0.29, 0.717) is 13.0 Å². The second-order valence-corrected chi connectivity index (χ2v) is 14.6. The van der Waals surface area contributed by atoms with Crippen LogP contribution in [-0.2, 0) is 20.6 Å². The van der Waals surface area contributed by atoms with E-state index in [9.17, 15) is 9.90 Å². The predicted octanol–water partition coefficient (Wildman–Crippen LogP) is 4.05. The number of nitrogens with zero attached hydrogens (tertiary/aromatic N) is 1. The number of aliphatic hydroxyl groups excluding tert-OH is 1. The van der Waals surface area contributed by atoms with Gasteiger partial charge in [-0.15, -0.1) is 5.06 Å². The molecule has 1 aliphatic rings. The number of hydrogen-bond donors (Lipinski definition) is 1. The monoisotopic (exact) mass is 489 g/mol. The van der Waals surface area contributed by atoms with Crippen molar-refractivity contribution in [2.45, 2.75) is 57.3 Å². The lowest BCUT2D eigenvalue weighted by Crippen LogP contribution is -2.67. The Hall–Kier alpha value is -2.77. The molecule has 0 aliphatic carbocycles. The van der Waals surface area contributed by atoms with E-state index in [1.165, 1.54) is 10.4 Å². The zero-order valence-corrected chi connectivity index (χ0v) is 21.8. The van der Waals surface area contributed by atoms with Crippen LogP contribution in [-0.4, -0.2) is 43.2 Å². The normalized spacial score (nSPS) is 17.8. The van der Waals surface area contributed by atoms with Crippen molar-refractivity contribution in [1.29, 1.82) is 0 Å². The van der Waals surface area contributed by atoms with Crippen LogP contribution in [0.25, 0.3) is 0 Å². The lowest BCUT2D eigenvalue weighted by Gasteiger charge is -2.43. The van der Waals surface area contributed by atoms with Crippen molar-refractivity contribution in [3.63, 3.8) is 0 Å². The van der Waals surface area contributed by atoms with E-state index in [1.807, 2.05) is 42.5 Å². The Balaban J connectivity index is 1.53. The molecule has 6 heteroatoms. The van der Waals surface area contributed by atoms with Gasteiger partial charge in [-0.05, 0) is 27.4 Å². The summed E-state index contributed by atoms with van der Waals surface area (Å²) in [7, 11) is -2.73. The van der Waals surface area contributed by atoms with Crippen molar-refractivity contribution >= 4 is 24.7 Å². The number of aliphatic hydroxyl groups is 1. The van der Waals surface area contributed by atoms with Gasteiger partial charge in [0.25, 0.3) is 8.32 Å². The summed E-state index contributed by atoms with van der Waals surface area (Å²) in [6, 6.07) is 30.5. The Morgan fingerprint density at radius 1 is 0.943 bits per heavy atom. The van der Waals surface area contributed by atoms with Crippen LogP contribution in [0, 0.1) is 0 Å². The Kier molecular flexibility index (Phi) is 7.87. The van der Waals surface area contributed by atoms with Crippen molar-refractivity contribution in [3.05, 3.63) is 96.6 Å². The van der Waals surface area contributed by atoms with Gasteiger partial charge in [0.2, 0.25) is 0 Å². The highest BCUT2D eigenvalue weighted by molar-refractivity contribution is 6.99. The molecule has 1 aliphatic heterocycles. The summed E-state index contributed by atoms with van der Waals surface area (Å²) in [5.41, 5.74) is 1.06. The van der Waals surface area contributed by atoms with Crippen LogP contribution in [0.4, 0.5) is 0 Å². The molecule has 1 N–H and O–H groups in total. The molecule has 2 atom stereocenters. The molecule has 5 nitrogen and oxygen atoms in total. The smallest absolute Gasteiger partial charge is 0.326 e. The molecule has 0 spiro atoms. The average molecular weight is 490 g/mol. The van der Waals surface area contributed by atoms with Gasteiger partial charge in [-0.1, -0.05) is 112 Å². The fourth-order valence-electron chi connectivity index (χ4n) is 5.03. The van der Waals surface area contributed by atoms with Gasteiger partial charge in [0, 0.05) is 0 Å².